The van der Waals surface area contributed by atoms with Gasteiger partial charge < -0.3 is 15.7 Å². The molecule has 0 fully saturated rings. The maximum atomic E-state index is 9.39. The molecule has 1 aromatic carbocycles. The van der Waals surface area contributed by atoms with Gasteiger partial charge in [-0.2, -0.15) is 0 Å². The van der Waals surface area contributed by atoms with Gasteiger partial charge in [-0.05, 0) is 31.9 Å². The number of benzene rings is 1. The first-order valence-corrected chi connectivity index (χ1v) is 9.08. The molecule has 25 heavy (non-hydrogen) atoms. The minimum absolute atomic E-state index is 0. The topological polar surface area (TPSA) is 69.5 Å². The third kappa shape index (κ3) is 6.91. The van der Waals surface area contributed by atoms with Crippen molar-refractivity contribution in [3.05, 3.63) is 51.0 Å². The molecular formula is C18H27IN4OS. The fourth-order valence-corrected chi connectivity index (χ4v) is 3.24. The molecule has 2 aromatic rings. The number of thiazole rings is 1. The Balaban J connectivity index is 0.00000312. The molecular weight excluding hydrogens is 447 g/mol. The summed E-state index contributed by atoms with van der Waals surface area (Å²) in [6.45, 7) is 8.39. The van der Waals surface area contributed by atoms with Crippen LogP contribution in [0.15, 0.2) is 29.3 Å². The highest BCUT2D eigenvalue weighted by Crippen LogP contribution is 2.16. The quantitative estimate of drug-likeness (QED) is 0.328. The van der Waals surface area contributed by atoms with E-state index in [1.165, 1.54) is 4.88 Å². The van der Waals surface area contributed by atoms with Crippen molar-refractivity contribution in [3.8, 4) is 0 Å². The van der Waals surface area contributed by atoms with Crippen LogP contribution in [0.3, 0.4) is 0 Å². The Bertz CT molecular complexity index is 668. The van der Waals surface area contributed by atoms with Crippen LogP contribution in [0.4, 0.5) is 0 Å². The average molecular weight is 474 g/mol. The summed E-state index contributed by atoms with van der Waals surface area (Å²) in [6, 6.07) is 7.83. The lowest BCUT2D eigenvalue weighted by atomic mass is 10.1. The second-order valence-corrected chi connectivity index (χ2v) is 6.84. The second-order valence-electron chi connectivity index (χ2n) is 5.55. The summed E-state index contributed by atoms with van der Waals surface area (Å²) in [5.41, 5.74) is 3.09. The second kappa shape index (κ2) is 11.4. The Kier molecular flexibility index (Phi) is 9.99. The zero-order chi connectivity index (χ0) is 17.4. The Morgan fingerprint density at radius 1 is 1.20 bits per heavy atom. The van der Waals surface area contributed by atoms with Crippen molar-refractivity contribution in [2.75, 3.05) is 13.1 Å². The number of nitrogens with one attached hydrogen (secondary N) is 2. The molecule has 0 amide bonds. The predicted octanol–water partition coefficient (Wildman–Crippen LogP) is 3.17. The normalized spacial score (nSPS) is 11.1. The van der Waals surface area contributed by atoms with Gasteiger partial charge in [-0.15, -0.1) is 35.3 Å². The molecule has 0 bridgehead atoms. The van der Waals surface area contributed by atoms with E-state index in [-0.39, 0.29) is 30.6 Å². The lowest BCUT2D eigenvalue weighted by molar-refractivity contribution is 0.280. The van der Waals surface area contributed by atoms with Crippen molar-refractivity contribution >= 4 is 41.3 Å². The van der Waals surface area contributed by atoms with E-state index >= 15 is 0 Å². The summed E-state index contributed by atoms with van der Waals surface area (Å²) in [5.74, 6) is 0.787. The van der Waals surface area contributed by atoms with Crippen molar-refractivity contribution in [2.24, 2.45) is 4.99 Å². The SMILES string of the molecule is CCNC(=NCc1ccccc1CO)NCCc1nc(C)c(C)s1.I. The van der Waals surface area contributed by atoms with Gasteiger partial charge in [0, 0.05) is 24.4 Å². The minimum Gasteiger partial charge on any atom is -0.392 e. The first-order valence-electron chi connectivity index (χ1n) is 8.26. The van der Waals surface area contributed by atoms with Crippen LogP contribution < -0.4 is 10.6 Å². The lowest BCUT2D eigenvalue weighted by Gasteiger charge is -2.11. The van der Waals surface area contributed by atoms with Crippen LogP contribution in [0.5, 0.6) is 0 Å². The highest BCUT2D eigenvalue weighted by molar-refractivity contribution is 14.0. The van der Waals surface area contributed by atoms with E-state index in [0.29, 0.717) is 6.54 Å². The third-order valence-corrected chi connectivity index (χ3v) is 4.88. The zero-order valence-electron chi connectivity index (χ0n) is 15.0. The van der Waals surface area contributed by atoms with Crippen LogP contribution in [0.1, 0.15) is 33.6 Å². The number of aryl methyl sites for hydroxylation is 2. The fourth-order valence-electron chi connectivity index (χ4n) is 2.31. The van der Waals surface area contributed by atoms with E-state index in [9.17, 15) is 5.11 Å². The summed E-state index contributed by atoms with van der Waals surface area (Å²) in [7, 11) is 0. The number of rotatable bonds is 7. The maximum absolute atomic E-state index is 9.39. The van der Waals surface area contributed by atoms with Gasteiger partial charge in [-0.25, -0.2) is 9.98 Å². The van der Waals surface area contributed by atoms with E-state index in [1.807, 2.05) is 38.1 Å². The van der Waals surface area contributed by atoms with Gasteiger partial charge in [0.1, 0.15) is 0 Å². The number of aromatic nitrogens is 1. The molecule has 0 atom stereocenters. The summed E-state index contributed by atoms with van der Waals surface area (Å²) in [6.07, 6.45) is 0.886. The van der Waals surface area contributed by atoms with Gasteiger partial charge in [0.15, 0.2) is 5.96 Å². The van der Waals surface area contributed by atoms with Gasteiger partial charge in [0.05, 0.1) is 23.9 Å². The monoisotopic (exact) mass is 474 g/mol. The molecule has 1 heterocycles. The Morgan fingerprint density at radius 3 is 2.52 bits per heavy atom. The molecule has 0 radical (unpaired) electrons. The number of hydrogen-bond acceptors (Lipinski definition) is 4. The van der Waals surface area contributed by atoms with E-state index in [0.717, 1.165) is 47.3 Å². The van der Waals surface area contributed by atoms with Gasteiger partial charge >= 0.3 is 0 Å². The Labute approximate surface area is 171 Å². The molecule has 2 rings (SSSR count). The smallest absolute Gasteiger partial charge is 0.191 e. The molecule has 0 aliphatic carbocycles. The maximum Gasteiger partial charge on any atom is 0.191 e. The van der Waals surface area contributed by atoms with Crippen LogP contribution >= 0.6 is 35.3 Å². The van der Waals surface area contributed by atoms with Gasteiger partial charge in [-0.1, -0.05) is 24.3 Å². The highest BCUT2D eigenvalue weighted by Gasteiger charge is 2.05. The molecule has 0 aliphatic heterocycles. The summed E-state index contributed by atoms with van der Waals surface area (Å²) < 4.78 is 0. The number of halogens is 1. The standard InChI is InChI=1S/C18H26N4OS.HI/c1-4-19-18(20-10-9-17-22-13(2)14(3)24-17)21-11-15-7-5-6-8-16(15)12-23;/h5-8,23H,4,9-12H2,1-3H3,(H2,19,20,21);1H. The average Bonchev–Trinajstić information content (AvgIpc) is 2.91. The van der Waals surface area contributed by atoms with Crippen molar-refractivity contribution in [3.63, 3.8) is 0 Å². The molecule has 5 nitrogen and oxygen atoms in total. The summed E-state index contributed by atoms with van der Waals surface area (Å²) in [4.78, 5) is 10.5. The first kappa shape index (κ1) is 21.9. The van der Waals surface area contributed by atoms with Crippen molar-refractivity contribution < 1.29 is 5.11 Å². The largest absolute Gasteiger partial charge is 0.392 e. The van der Waals surface area contributed by atoms with Crippen LogP contribution in [0.25, 0.3) is 0 Å². The molecule has 0 saturated carbocycles. The molecule has 0 unspecified atom stereocenters. The van der Waals surface area contributed by atoms with Crippen LogP contribution in [-0.4, -0.2) is 29.1 Å². The number of aliphatic hydroxyl groups excluding tert-OH is 1. The van der Waals surface area contributed by atoms with Gasteiger partial charge in [0.2, 0.25) is 0 Å². The number of hydrogen-bond donors (Lipinski definition) is 3. The van der Waals surface area contributed by atoms with E-state index < -0.39 is 0 Å². The Morgan fingerprint density at radius 2 is 1.92 bits per heavy atom. The fraction of sp³-hybridized carbons (Fsp3) is 0.444. The molecule has 1 aromatic heterocycles. The van der Waals surface area contributed by atoms with Crippen LogP contribution in [0.2, 0.25) is 0 Å². The summed E-state index contributed by atoms with van der Waals surface area (Å²) in [5, 5.41) is 17.1. The number of guanidine groups is 1. The van der Waals surface area contributed by atoms with Crippen LogP contribution in [-0.2, 0) is 19.6 Å². The van der Waals surface area contributed by atoms with E-state index in [2.05, 4.69) is 27.5 Å². The highest BCUT2D eigenvalue weighted by atomic mass is 127. The molecule has 138 valence electrons. The van der Waals surface area contributed by atoms with E-state index in [4.69, 9.17) is 0 Å². The molecule has 7 heteroatoms. The van der Waals surface area contributed by atoms with Crippen molar-refractivity contribution in [1.82, 2.24) is 15.6 Å². The molecule has 0 saturated heterocycles. The summed E-state index contributed by atoms with van der Waals surface area (Å²) >= 11 is 1.76. The third-order valence-electron chi connectivity index (χ3n) is 3.74. The van der Waals surface area contributed by atoms with Crippen LogP contribution in [0, 0.1) is 13.8 Å². The first-order chi connectivity index (χ1) is 11.6. The minimum atomic E-state index is 0. The molecule has 0 aliphatic rings. The van der Waals surface area contributed by atoms with Crippen molar-refractivity contribution in [1.29, 1.82) is 0 Å². The van der Waals surface area contributed by atoms with Gasteiger partial charge in [-0.3, -0.25) is 0 Å². The number of aliphatic imine (C=N–C) groups is 1. The number of nitrogens with zero attached hydrogens (tertiary/aromatic N) is 2. The molecule has 0 spiro atoms. The zero-order valence-corrected chi connectivity index (χ0v) is 18.1. The predicted molar refractivity (Wildman–Crippen MR) is 116 cm³/mol. The van der Waals surface area contributed by atoms with Gasteiger partial charge in [0.25, 0.3) is 0 Å². The Hall–Kier alpha value is -1.19. The van der Waals surface area contributed by atoms with Crippen molar-refractivity contribution in [2.45, 2.75) is 40.3 Å². The number of aliphatic hydroxyl groups is 1. The van der Waals surface area contributed by atoms with E-state index in [1.54, 1.807) is 11.3 Å². The molecule has 3 N–H and O–H groups in total. The lowest BCUT2D eigenvalue weighted by Crippen LogP contribution is -2.38.